The van der Waals surface area contributed by atoms with Crippen molar-refractivity contribution in [3.63, 3.8) is 0 Å². The highest BCUT2D eigenvalue weighted by atomic mass is 19.3. The molecule has 0 aromatic heterocycles. The van der Waals surface area contributed by atoms with Crippen molar-refractivity contribution in [3.05, 3.63) is 35.4 Å². The molecule has 0 amide bonds. The summed E-state index contributed by atoms with van der Waals surface area (Å²) in [6.07, 6.45) is -2.54. The summed E-state index contributed by atoms with van der Waals surface area (Å²) in [6.45, 7) is -0.416. The summed E-state index contributed by atoms with van der Waals surface area (Å²) in [5.74, 6) is -1.41. The minimum atomic E-state index is -2.54. The van der Waals surface area contributed by atoms with Gasteiger partial charge in [-0.3, -0.25) is 4.79 Å². The summed E-state index contributed by atoms with van der Waals surface area (Å²) in [5, 5.41) is 9.01. The first-order valence-corrected chi connectivity index (χ1v) is 4.66. The Hall–Kier alpha value is -1.49. The Morgan fingerprint density at radius 3 is 2.19 bits per heavy atom. The highest BCUT2D eigenvalue weighted by molar-refractivity contribution is 5.78. The lowest BCUT2D eigenvalue weighted by Crippen LogP contribution is -2.17. The number of hydrogen-bond acceptors (Lipinski definition) is 3. The second kappa shape index (κ2) is 5.55. The van der Waals surface area contributed by atoms with Gasteiger partial charge in [-0.05, 0) is 5.56 Å². The van der Waals surface area contributed by atoms with Crippen LogP contribution < -0.4 is 0 Å². The van der Waals surface area contributed by atoms with Crippen molar-refractivity contribution in [2.24, 2.45) is 0 Å². The van der Waals surface area contributed by atoms with E-state index in [2.05, 4.69) is 4.74 Å². The molecule has 0 aliphatic rings. The number of methoxy groups -OCH3 is 1. The van der Waals surface area contributed by atoms with Crippen molar-refractivity contribution in [2.75, 3.05) is 13.7 Å². The molecule has 0 heterocycles. The van der Waals surface area contributed by atoms with E-state index in [0.717, 1.165) is 0 Å². The second-order valence-corrected chi connectivity index (χ2v) is 3.23. The van der Waals surface area contributed by atoms with Gasteiger partial charge >= 0.3 is 5.97 Å². The molecule has 88 valence electrons. The number of aliphatic hydroxyl groups excluding tert-OH is 1. The first-order chi connectivity index (χ1) is 7.60. The van der Waals surface area contributed by atoms with E-state index >= 15 is 0 Å². The SMILES string of the molecule is COC(=O)C(CO)c1ccc(C(F)F)cc1. The van der Waals surface area contributed by atoms with Crippen LogP contribution in [0.4, 0.5) is 8.78 Å². The molecule has 3 nitrogen and oxygen atoms in total. The minimum absolute atomic E-state index is 0.120. The molecule has 0 bridgehead atoms. The molecular formula is C11H12F2O3. The van der Waals surface area contributed by atoms with Gasteiger partial charge in [0.15, 0.2) is 0 Å². The van der Waals surface area contributed by atoms with Crippen molar-refractivity contribution in [1.29, 1.82) is 0 Å². The van der Waals surface area contributed by atoms with E-state index in [-0.39, 0.29) is 5.56 Å². The monoisotopic (exact) mass is 230 g/mol. The second-order valence-electron chi connectivity index (χ2n) is 3.23. The Labute approximate surface area is 91.7 Å². The van der Waals surface area contributed by atoms with E-state index in [1.807, 2.05) is 0 Å². The van der Waals surface area contributed by atoms with Crippen molar-refractivity contribution >= 4 is 5.97 Å². The Kier molecular flexibility index (Phi) is 4.37. The predicted molar refractivity (Wildman–Crippen MR) is 53.2 cm³/mol. The summed E-state index contributed by atoms with van der Waals surface area (Å²) in [4.78, 5) is 11.2. The molecule has 0 aliphatic carbocycles. The molecule has 16 heavy (non-hydrogen) atoms. The third-order valence-electron chi connectivity index (χ3n) is 2.26. The fourth-order valence-electron chi connectivity index (χ4n) is 1.33. The van der Waals surface area contributed by atoms with Gasteiger partial charge in [0.05, 0.1) is 13.7 Å². The number of halogens is 2. The standard InChI is InChI=1S/C11H12F2O3/c1-16-11(15)9(6-14)7-2-4-8(5-3-7)10(12)13/h2-5,9-10,14H,6H2,1H3. The molecule has 0 fully saturated rings. The van der Waals surface area contributed by atoms with E-state index in [4.69, 9.17) is 5.11 Å². The summed E-state index contributed by atoms with van der Waals surface area (Å²) < 4.78 is 29.0. The van der Waals surface area contributed by atoms with Crippen LogP contribution in [0.15, 0.2) is 24.3 Å². The highest BCUT2D eigenvalue weighted by Crippen LogP contribution is 2.22. The fourth-order valence-corrected chi connectivity index (χ4v) is 1.33. The van der Waals surface area contributed by atoms with E-state index in [0.29, 0.717) is 5.56 Å². The number of benzene rings is 1. The average molecular weight is 230 g/mol. The molecule has 1 rings (SSSR count). The number of carbonyl (C=O) groups is 1. The number of rotatable bonds is 4. The van der Waals surface area contributed by atoms with Crippen LogP contribution >= 0.6 is 0 Å². The molecule has 1 atom stereocenters. The Balaban J connectivity index is 2.90. The van der Waals surface area contributed by atoms with Crippen LogP contribution in [-0.2, 0) is 9.53 Å². The zero-order chi connectivity index (χ0) is 12.1. The summed E-state index contributed by atoms with van der Waals surface area (Å²) in [5.41, 5.74) is 0.337. The van der Waals surface area contributed by atoms with Crippen molar-refractivity contribution in [3.8, 4) is 0 Å². The van der Waals surface area contributed by atoms with Crippen LogP contribution in [0.3, 0.4) is 0 Å². The van der Waals surface area contributed by atoms with E-state index in [9.17, 15) is 13.6 Å². The smallest absolute Gasteiger partial charge is 0.315 e. The maximum atomic E-state index is 12.3. The Morgan fingerprint density at radius 1 is 1.31 bits per heavy atom. The molecule has 5 heteroatoms. The van der Waals surface area contributed by atoms with E-state index < -0.39 is 24.9 Å². The van der Waals surface area contributed by atoms with Crippen molar-refractivity contribution in [2.45, 2.75) is 12.3 Å². The molecule has 0 spiro atoms. The number of esters is 1. The Bertz CT molecular complexity index is 349. The number of alkyl halides is 2. The van der Waals surface area contributed by atoms with Gasteiger partial charge in [0, 0.05) is 5.56 Å². The third kappa shape index (κ3) is 2.76. The number of ether oxygens (including phenoxy) is 1. The zero-order valence-electron chi connectivity index (χ0n) is 8.69. The van der Waals surface area contributed by atoms with E-state index in [1.54, 1.807) is 0 Å². The number of carbonyl (C=O) groups excluding carboxylic acids is 1. The zero-order valence-corrected chi connectivity index (χ0v) is 8.69. The van der Waals surface area contributed by atoms with Crippen LogP contribution in [-0.4, -0.2) is 24.8 Å². The summed E-state index contributed by atoms with van der Waals surface area (Å²) >= 11 is 0. The molecule has 0 aliphatic heterocycles. The molecule has 1 aromatic rings. The van der Waals surface area contributed by atoms with Crippen molar-refractivity contribution in [1.82, 2.24) is 0 Å². The molecule has 1 N–H and O–H groups in total. The first-order valence-electron chi connectivity index (χ1n) is 4.66. The van der Waals surface area contributed by atoms with Gasteiger partial charge in [-0.1, -0.05) is 24.3 Å². The van der Waals surface area contributed by atoms with Gasteiger partial charge in [-0.15, -0.1) is 0 Å². The highest BCUT2D eigenvalue weighted by Gasteiger charge is 2.20. The predicted octanol–water partition coefficient (Wildman–Crippen LogP) is 1.87. The third-order valence-corrected chi connectivity index (χ3v) is 2.26. The van der Waals surface area contributed by atoms with Crippen LogP contribution in [0.2, 0.25) is 0 Å². The molecule has 1 unspecified atom stereocenters. The van der Waals surface area contributed by atoms with E-state index in [1.165, 1.54) is 31.4 Å². The van der Waals surface area contributed by atoms with Gasteiger partial charge in [0.25, 0.3) is 6.43 Å². The molecular weight excluding hydrogens is 218 g/mol. The fraction of sp³-hybridized carbons (Fsp3) is 0.364. The van der Waals surface area contributed by atoms with Crippen LogP contribution in [0, 0.1) is 0 Å². The van der Waals surface area contributed by atoms with Crippen molar-refractivity contribution < 1.29 is 23.4 Å². The topological polar surface area (TPSA) is 46.5 Å². The van der Waals surface area contributed by atoms with Gasteiger partial charge < -0.3 is 9.84 Å². The quantitative estimate of drug-likeness (QED) is 0.803. The average Bonchev–Trinajstić information content (AvgIpc) is 2.30. The summed E-state index contributed by atoms with van der Waals surface area (Å²) in [6, 6.07) is 5.23. The van der Waals surface area contributed by atoms with Crippen LogP contribution in [0.5, 0.6) is 0 Å². The first kappa shape index (κ1) is 12.6. The summed E-state index contributed by atoms with van der Waals surface area (Å²) in [7, 11) is 1.21. The molecule has 0 saturated heterocycles. The Morgan fingerprint density at radius 2 is 1.81 bits per heavy atom. The number of hydrogen-bond donors (Lipinski definition) is 1. The van der Waals surface area contributed by atoms with Crippen LogP contribution in [0.25, 0.3) is 0 Å². The maximum absolute atomic E-state index is 12.3. The van der Waals surface area contributed by atoms with Gasteiger partial charge in [-0.2, -0.15) is 0 Å². The molecule has 0 radical (unpaired) electrons. The van der Waals surface area contributed by atoms with Gasteiger partial charge in [-0.25, -0.2) is 8.78 Å². The maximum Gasteiger partial charge on any atom is 0.315 e. The lowest BCUT2D eigenvalue weighted by Gasteiger charge is -2.12. The lowest BCUT2D eigenvalue weighted by molar-refractivity contribution is -0.143. The number of aliphatic hydroxyl groups is 1. The normalized spacial score (nSPS) is 12.6. The lowest BCUT2D eigenvalue weighted by atomic mass is 9.99. The molecule has 0 saturated carbocycles. The van der Waals surface area contributed by atoms with Gasteiger partial charge in [0.1, 0.15) is 5.92 Å². The molecule has 1 aromatic carbocycles. The minimum Gasteiger partial charge on any atom is -0.468 e. The van der Waals surface area contributed by atoms with Gasteiger partial charge in [0.2, 0.25) is 0 Å². The van der Waals surface area contributed by atoms with Crippen LogP contribution in [0.1, 0.15) is 23.5 Å². The largest absolute Gasteiger partial charge is 0.468 e.